The number of nitrogens with zero attached hydrogens (tertiary/aromatic N) is 4. The number of rotatable bonds is 7. The van der Waals surface area contributed by atoms with Crippen molar-refractivity contribution in [3.05, 3.63) is 47.8 Å². The van der Waals surface area contributed by atoms with E-state index in [9.17, 15) is 4.79 Å². The highest BCUT2D eigenvalue weighted by atomic mass is 16.2. The first-order chi connectivity index (χ1) is 12.6. The number of nitrogens with one attached hydrogen (secondary N) is 1. The molecule has 0 aliphatic carbocycles. The molecule has 1 aromatic heterocycles. The molecule has 2 aromatic rings. The van der Waals surface area contributed by atoms with Gasteiger partial charge in [0.25, 0.3) is 0 Å². The Kier molecular flexibility index (Phi) is 6.22. The molecule has 7 nitrogen and oxygen atoms in total. The zero-order chi connectivity index (χ0) is 18.4. The van der Waals surface area contributed by atoms with E-state index in [1.165, 1.54) is 18.4 Å². The molecule has 7 heteroatoms. The number of hydrogen-bond donors (Lipinski definition) is 2. The van der Waals surface area contributed by atoms with Gasteiger partial charge in [0.2, 0.25) is 0 Å². The highest BCUT2D eigenvalue weighted by molar-refractivity contribution is 5.71. The largest absolute Gasteiger partial charge is 0.352 e. The summed E-state index contributed by atoms with van der Waals surface area (Å²) in [6, 6.07) is 10.2. The summed E-state index contributed by atoms with van der Waals surface area (Å²) in [5.41, 5.74) is 7.22. The molecule has 1 aromatic carbocycles. The van der Waals surface area contributed by atoms with Gasteiger partial charge in [-0.2, -0.15) is 0 Å². The van der Waals surface area contributed by atoms with Crippen molar-refractivity contribution in [2.75, 3.05) is 19.6 Å². The van der Waals surface area contributed by atoms with Crippen molar-refractivity contribution in [3.8, 4) is 0 Å². The number of hydrogen-bond acceptors (Lipinski definition) is 4. The third-order valence-corrected chi connectivity index (χ3v) is 5.08. The van der Waals surface area contributed by atoms with Crippen molar-refractivity contribution in [3.63, 3.8) is 0 Å². The smallest absolute Gasteiger partial charge is 0.312 e. The molecule has 2 heterocycles. The van der Waals surface area contributed by atoms with Crippen molar-refractivity contribution in [2.24, 2.45) is 11.7 Å². The standard InChI is InChI=1S/C19H28N6O/c1-15(17-5-3-2-4-6-17)12-24-9-7-16(8-10-24)13-25-14-18(22-23-25)11-21-19(20)26/h2-6,14-16H,7-13H2,1H3,(H3,20,21,26)/t15-/m0/s1. The molecule has 1 aliphatic heterocycles. The average Bonchev–Trinajstić information content (AvgIpc) is 3.10. The molecule has 0 bridgehead atoms. The number of urea groups is 1. The fraction of sp³-hybridized carbons (Fsp3) is 0.526. The minimum absolute atomic E-state index is 0.325. The zero-order valence-corrected chi connectivity index (χ0v) is 15.3. The molecule has 3 rings (SSSR count). The van der Waals surface area contributed by atoms with Crippen molar-refractivity contribution >= 4 is 6.03 Å². The number of aromatic nitrogens is 3. The van der Waals surface area contributed by atoms with Crippen LogP contribution in [0.25, 0.3) is 0 Å². The molecule has 3 N–H and O–H groups in total. The minimum Gasteiger partial charge on any atom is -0.352 e. The first-order valence-electron chi connectivity index (χ1n) is 9.30. The molecule has 2 amide bonds. The minimum atomic E-state index is -0.545. The molecule has 1 fully saturated rings. The summed E-state index contributed by atoms with van der Waals surface area (Å²) in [6.07, 6.45) is 4.24. The van der Waals surface area contributed by atoms with Gasteiger partial charge in [-0.15, -0.1) is 5.10 Å². The molecule has 1 atom stereocenters. The van der Waals surface area contributed by atoms with Crippen LogP contribution in [0.2, 0.25) is 0 Å². The number of likely N-dealkylation sites (tertiary alicyclic amines) is 1. The highest BCUT2D eigenvalue weighted by Crippen LogP contribution is 2.22. The van der Waals surface area contributed by atoms with Gasteiger partial charge >= 0.3 is 6.03 Å². The molecule has 140 valence electrons. The number of benzene rings is 1. The van der Waals surface area contributed by atoms with Crippen LogP contribution in [0.5, 0.6) is 0 Å². The molecule has 26 heavy (non-hydrogen) atoms. The monoisotopic (exact) mass is 356 g/mol. The Hall–Kier alpha value is -2.41. The summed E-state index contributed by atoms with van der Waals surface area (Å²) >= 11 is 0. The second-order valence-electron chi connectivity index (χ2n) is 7.21. The van der Waals surface area contributed by atoms with Crippen LogP contribution in [0.15, 0.2) is 36.5 Å². The first kappa shape index (κ1) is 18.4. The number of nitrogens with two attached hydrogens (primary N) is 1. The van der Waals surface area contributed by atoms with Crippen LogP contribution >= 0.6 is 0 Å². The Balaban J connectivity index is 1.42. The lowest BCUT2D eigenvalue weighted by atomic mass is 9.94. The third kappa shape index (κ3) is 5.29. The quantitative estimate of drug-likeness (QED) is 0.794. The summed E-state index contributed by atoms with van der Waals surface area (Å²) in [7, 11) is 0. The van der Waals surface area contributed by atoms with E-state index in [1.54, 1.807) is 0 Å². The molecule has 0 radical (unpaired) electrons. The van der Waals surface area contributed by atoms with Crippen LogP contribution in [0.3, 0.4) is 0 Å². The summed E-state index contributed by atoms with van der Waals surface area (Å²) in [4.78, 5) is 13.3. The molecule has 0 saturated carbocycles. The van der Waals surface area contributed by atoms with Gasteiger partial charge in [-0.3, -0.25) is 4.68 Å². The van der Waals surface area contributed by atoms with Gasteiger partial charge in [0, 0.05) is 13.1 Å². The second kappa shape index (κ2) is 8.80. The lowest BCUT2D eigenvalue weighted by Gasteiger charge is -2.33. The van der Waals surface area contributed by atoms with Gasteiger partial charge in [-0.25, -0.2) is 4.79 Å². The van der Waals surface area contributed by atoms with Gasteiger partial charge in [0.05, 0.1) is 12.7 Å². The van der Waals surface area contributed by atoms with E-state index >= 15 is 0 Å². The number of amides is 2. The lowest BCUT2D eigenvalue weighted by Crippen LogP contribution is -2.37. The fourth-order valence-electron chi connectivity index (χ4n) is 3.58. The van der Waals surface area contributed by atoms with Gasteiger partial charge < -0.3 is 16.0 Å². The van der Waals surface area contributed by atoms with Crippen LogP contribution in [0.4, 0.5) is 4.79 Å². The maximum absolute atomic E-state index is 10.7. The van der Waals surface area contributed by atoms with Crippen molar-refractivity contribution in [1.82, 2.24) is 25.2 Å². The Morgan fingerprint density at radius 1 is 1.31 bits per heavy atom. The topological polar surface area (TPSA) is 89.1 Å². The third-order valence-electron chi connectivity index (χ3n) is 5.08. The Morgan fingerprint density at radius 3 is 2.73 bits per heavy atom. The van der Waals surface area contributed by atoms with Gasteiger partial charge in [-0.1, -0.05) is 42.5 Å². The normalized spacial score (nSPS) is 17.1. The van der Waals surface area contributed by atoms with E-state index in [2.05, 4.69) is 57.8 Å². The summed E-state index contributed by atoms with van der Waals surface area (Å²) in [5.74, 6) is 1.18. The predicted molar refractivity (Wildman–Crippen MR) is 100 cm³/mol. The molecular weight excluding hydrogens is 328 g/mol. The van der Waals surface area contributed by atoms with Crippen LogP contribution in [-0.2, 0) is 13.1 Å². The molecule has 0 unspecified atom stereocenters. The van der Waals surface area contributed by atoms with E-state index in [4.69, 9.17) is 5.73 Å². The summed E-state index contributed by atoms with van der Waals surface area (Å²) < 4.78 is 1.88. The molecule has 1 aliphatic rings. The number of carbonyl (C=O) groups excluding carboxylic acids is 1. The Bertz CT molecular complexity index is 693. The number of primary amides is 1. The van der Waals surface area contributed by atoms with E-state index in [1.807, 2.05) is 10.9 Å². The summed E-state index contributed by atoms with van der Waals surface area (Å²) in [5, 5.41) is 10.8. The van der Waals surface area contributed by atoms with Crippen molar-refractivity contribution in [1.29, 1.82) is 0 Å². The van der Waals surface area contributed by atoms with E-state index < -0.39 is 6.03 Å². The fourth-order valence-corrected chi connectivity index (χ4v) is 3.58. The van der Waals surface area contributed by atoms with Crippen LogP contribution < -0.4 is 11.1 Å². The van der Waals surface area contributed by atoms with Gasteiger partial charge in [0.15, 0.2) is 0 Å². The van der Waals surface area contributed by atoms with E-state index in [0.717, 1.165) is 31.9 Å². The van der Waals surface area contributed by atoms with Gasteiger partial charge in [-0.05, 0) is 43.3 Å². The zero-order valence-electron chi connectivity index (χ0n) is 15.3. The second-order valence-corrected chi connectivity index (χ2v) is 7.21. The van der Waals surface area contributed by atoms with Crippen LogP contribution in [0.1, 0.15) is 36.9 Å². The maximum atomic E-state index is 10.7. The average molecular weight is 356 g/mol. The van der Waals surface area contributed by atoms with Crippen LogP contribution in [-0.4, -0.2) is 45.6 Å². The Morgan fingerprint density at radius 2 is 2.04 bits per heavy atom. The number of carbonyl (C=O) groups is 1. The molecule has 1 saturated heterocycles. The van der Waals surface area contributed by atoms with Crippen LogP contribution in [0, 0.1) is 5.92 Å². The SMILES string of the molecule is C[C@@H](CN1CCC(Cn2cc(CNC(N)=O)nn2)CC1)c1ccccc1. The van der Waals surface area contributed by atoms with E-state index in [0.29, 0.717) is 18.4 Å². The number of piperidine rings is 1. The lowest BCUT2D eigenvalue weighted by molar-refractivity contribution is 0.164. The Labute approximate surface area is 154 Å². The molecular formula is C19H28N6O. The van der Waals surface area contributed by atoms with Gasteiger partial charge in [0.1, 0.15) is 5.69 Å². The maximum Gasteiger partial charge on any atom is 0.312 e. The predicted octanol–water partition coefficient (Wildman–Crippen LogP) is 1.96. The molecule has 0 spiro atoms. The van der Waals surface area contributed by atoms with Crippen molar-refractivity contribution < 1.29 is 4.79 Å². The summed E-state index contributed by atoms with van der Waals surface area (Å²) in [6.45, 7) is 6.89. The highest BCUT2D eigenvalue weighted by Gasteiger charge is 2.21. The van der Waals surface area contributed by atoms with E-state index in [-0.39, 0.29) is 0 Å². The van der Waals surface area contributed by atoms with Crippen molar-refractivity contribution in [2.45, 2.75) is 38.8 Å². The first-order valence-corrected chi connectivity index (χ1v) is 9.30.